The third-order valence-electron chi connectivity index (χ3n) is 4.72. The van der Waals surface area contributed by atoms with Crippen molar-refractivity contribution in [2.24, 2.45) is 0 Å². The molecule has 140 valence electrons. The van der Waals surface area contributed by atoms with Crippen molar-refractivity contribution in [1.82, 2.24) is 15.5 Å². The summed E-state index contributed by atoms with van der Waals surface area (Å²) >= 11 is 1.32. The Balaban J connectivity index is 1.60. The third kappa shape index (κ3) is 5.10. The number of hydrogen-bond donors (Lipinski definition) is 1. The molecule has 1 N–H and O–H groups in total. The van der Waals surface area contributed by atoms with E-state index in [2.05, 4.69) is 21.6 Å². The number of benzene rings is 1. The number of amides is 1. The highest BCUT2D eigenvalue weighted by atomic mass is 32.2. The molecule has 3 rings (SSSR count). The number of aromatic nitrogens is 2. The van der Waals surface area contributed by atoms with Crippen LogP contribution in [0.25, 0.3) is 11.5 Å². The Bertz CT molecular complexity index is 731. The minimum Gasteiger partial charge on any atom is -0.411 e. The summed E-state index contributed by atoms with van der Waals surface area (Å²) in [4.78, 5) is 12.5. The van der Waals surface area contributed by atoms with Gasteiger partial charge in [-0.25, -0.2) is 0 Å². The molecule has 1 saturated carbocycles. The van der Waals surface area contributed by atoms with E-state index in [0.717, 1.165) is 29.5 Å². The molecule has 6 heteroatoms. The number of carbonyl (C=O) groups is 1. The van der Waals surface area contributed by atoms with Crippen molar-refractivity contribution < 1.29 is 9.21 Å². The van der Waals surface area contributed by atoms with Gasteiger partial charge < -0.3 is 9.73 Å². The second kappa shape index (κ2) is 8.71. The minimum atomic E-state index is -0.259. The SMILES string of the molecule is Cc1cc(C)cc(-c2nnc(S[C@H](C)C(=O)NC3CCCCCC3)o2)c1. The van der Waals surface area contributed by atoms with Gasteiger partial charge >= 0.3 is 0 Å². The molecule has 1 atom stereocenters. The first-order chi connectivity index (χ1) is 12.5. The van der Waals surface area contributed by atoms with Crippen LogP contribution in [0.1, 0.15) is 56.6 Å². The second-order valence-corrected chi connectivity index (χ2v) is 8.50. The normalized spacial score (nSPS) is 16.9. The Labute approximate surface area is 159 Å². The zero-order chi connectivity index (χ0) is 18.5. The topological polar surface area (TPSA) is 68.0 Å². The second-order valence-electron chi connectivity index (χ2n) is 7.21. The number of aryl methyl sites for hydroxylation is 2. The van der Waals surface area contributed by atoms with Crippen molar-refractivity contribution in [1.29, 1.82) is 0 Å². The third-order valence-corrected chi connectivity index (χ3v) is 5.66. The van der Waals surface area contributed by atoms with Gasteiger partial charge in [-0.3, -0.25) is 4.79 Å². The van der Waals surface area contributed by atoms with Gasteiger partial charge in [0.25, 0.3) is 5.22 Å². The molecule has 1 heterocycles. The molecule has 0 radical (unpaired) electrons. The van der Waals surface area contributed by atoms with Crippen molar-refractivity contribution in [3.8, 4) is 11.5 Å². The molecule has 0 aliphatic heterocycles. The Hall–Kier alpha value is -1.82. The van der Waals surface area contributed by atoms with Crippen molar-refractivity contribution in [2.45, 2.75) is 75.8 Å². The molecule has 1 aromatic carbocycles. The Kier molecular flexibility index (Phi) is 6.35. The lowest BCUT2D eigenvalue weighted by molar-refractivity contribution is -0.121. The van der Waals surface area contributed by atoms with Crippen LogP contribution in [0.3, 0.4) is 0 Å². The maximum atomic E-state index is 12.5. The van der Waals surface area contributed by atoms with Crippen LogP contribution in [-0.4, -0.2) is 27.4 Å². The predicted octanol–water partition coefficient (Wildman–Crippen LogP) is 4.67. The fraction of sp³-hybridized carbons (Fsp3) is 0.550. The van der Waals surface area contributed by atoms with Gasteiger partial charge in [-0.15, -0.1) is 10.2 Å². The summed E-state index contributed by atoms with van der Waals surface area (Å²) in [6, 6.07) is 6.46. The number of rotatable bonds is 5. The van der Waals surface area contributed by atoms with E-state index in [9.17, 15) is 4.79 Å². The quantitative estimate of drug-likeness (QED) is 0.609. The first-order valence-electron chi connectivity index (χ1n) is 9.40. The van der Waals surface area contributed by atoms with Crippen molar-refractivity contribution >= 4 is 17.7 Å². The number of nitrogens with zero attached hydrogens (tertiary/aromatic N) is 2. The van der Waals surface area contributed by atoms with Crippen molar-refractivity contribution in [3.05, 3.63) is 29.3 Å². The molecule has 0 unspecified atom stereocenters. The van der Waals surface area contributed by atoms with Crippen molar-refractivity contribution in [2.75, 3.05) is 0 Å². The summed E-state index contributed by atoms with van der Waals surface area (Å²) in [6.07, 6.45) is 7.13. The Morgan fingerprint density at radius 3 is 2.42 bits per heavy atom. The van der Waals surface area contributed by atoms with Gasteiger partial charge in [0.05, 0.1) is 5.25 Å². The lowest BCUT2D eigenvalue weighted by Gasteiger charge is -2.18. The Morgan fingerprint density at radius 2 is 1.77 bits per heavy atom. The van der Waals surface area contributed by atoms with E-state index >= 15 is 0 Å². The van der Waals surface area contributed by atoms with Gasteiger partial charge in [-0.1, -0.05) is 54.6 Å². The molecule has 5 nitrogen and oxygen atoms in total. The number of nitrogens with one attached hydrogen (secondary N) is 1. The van der Waals surface area contributed by atoms with Crippen LogP contribution in [0.4, 0.5) is 0 Å². The van der Waals surface area contributed by atoms with Crippen LogP contribution in [-0.2, 0) is 4.79 Å². The van der Waals surface area contributed by atoms with Gasteiger partial charge in [-0.05, 0) is 45.7 Å². The van der Waals surface area contributed by atoms with Crippen LogP contribution in [0.15, 0.2) is 27.8 Å². The number of carbonyl (C=O) groups excluding carboxylic acids is 1. The fourth-order valence-corrected chi connectivity index (χ4v) is 4.11. The smallest absolute Gasteiger partial charge is 0.277 e. The first kappa shape index (κ1) is 19.0. The highest BCUT2D eigenvalue weighted by Gasteiger charge is 2.22. The summed E-state index contributed by atoms with van der Waals surface area (Å²) in [5.74, 6) is 0.545. The molecule has 0 spiro atoms. The molecule has 1 aromatic heterocycles. The van der Waals surface area contributed by atoms with Gasteiger partial charge in [0, 0.05) is 11.6 Å². The molecule has 1 fully saturated rings. The van der Waals surface area contributed by atoms with Gasteiger partial charge in [0.2, 0.25) is 11.8 Å². The van der Waals surface area contributed by atoms with E-state index < -0.39 is 0 Å². The highest BCUT2D eigenvalue weighted by molar-refractivity contribution is 8.00. The maximum Gasteiger partial charge on any atom is 0.277 e. The molecular weight excluding hydrogens is 346 g/mol. The van der Waals surface area contributed by atoms with Crippen LogP contribution in [0.5, 0.6) is 0 Å². The first-order valence-corrected chi connectivity index (χ1v) is 10.3. The average molecular weight is 374 g/mol. The standard InChI is InChI=1S/C20H27N3O2S/c1-13-10-14(2)12-16(11-13)19-22-23-20(25-19)26-15(3)18(24)21-17-8-6-4-5-7-9-17/h10-12,15,17H,4-9H2,1-3H3,(H,21,24)/t15-/m1/s1. The summed E-state index contributed by atoms with van der Waals surface area (Å²) in [5.41, 5.74) is 3.23. The zero-order valence-electron chi connectivity index (χ0n) is 15.7. The van der Waals surface area contributed by atoms with E-state index in [1.165, 1.54) is 37.4 Å². The highest BCUT2D eigenvalue weighted by Crippen LogP contribution is 2.27. The monoisotopic (exact) mass is 373 g/mol. The van der Waals surface area contributed by atoms with Crippen LogP contribution in [0.2, 0.25) is 0 Å². The Morgan fingerprint density at radius 1 is 1.12 bits per heavy atom. The largest absolute Gasteiger partial charge is 0.411 e. The molecule has 1 aliphatic rings. The molecule has 0 saturated heterocycles. The van der Waals surface area contributed by atoms with Crippen molar-refractivity contribution in [3.63, 3.8) is 0 Å². The maximum absolute atomic E-state index is 12.5. The lowest BCUT2D eigenvalue weighted by atomic mass is 10.1. The fourth-order valence-electron chi connectivity index (χ4n) is 3.42. The van der Waals surface area contributed by atoms with Gasteiger partial charge in [-0.2, -0.15) is 0 Å². The lowest BCUT2D eigenvalue weighted by Crippen LogP contribution is -2.39. The van der Waals surface area contributed by atoms with E-state index in [0.29, 0.717) is 17.2 Å². The van der Waals surface area contributed by atoms with Crippen LogP contribution >= 0.6 is 11.8 Å². The van der Waals surface area contributed by atoms with Gasteiger partial charge in [0.1, 0.15) is 0 Å². The average Bonchev–Trinajstić information content (AvgIpc) is 2.90. The zero-order valence-corrected chi connectivity index (χ0v) is 16.6. The summed E-state index contributed by atoms with van der Waals surface area (Å²) in [6.45, 7) is 5.97. The molecule has 1 aliphatic carbocycles. The summed E-state index contributed by atoms with van der Waals surface area (Å²) in [7, 11) is 0. The minimum absolute atomic E-state index is 0.0491. The number of thioether (sulfide) groups is 1. The van der Waals surface area contributed by atoms with Crippen LogP contribution in [0, 0.1) is 13.8 Å². The van der Waals surface area contributed by atoms with E-state index in [1.807, 2.05) is 32.9 Å². The molecule has 26 heavy (non-hydrogen) atoms. The summed E-state index contributed by atoms with van der Waals surface area (Å²) in [5, 5.41) is 11.6. The van der Waals surface area contributed by atoms with Gasteiger partial charge in [0.15, 0.2) is 0 Å². The molecular formula is C20H27N3O2S. The predicted molar refractivity (Wildman–Crippen MR) is 104 cm³/mol. The molecule has 2 aromatic rings. The molecule has 0 bridgehead atoms. The van der Waals surface area contributed by atoms with E-state index in [1.54, 1.807) is 0 Å². The van der Waals surface area contributed by atoms with Crippen LogP contribution < -0.4 is 5.32 Å². The summed E-state index contributed by atoms with van der Waals surface area (Å²) < 4.78 is 5.77. The van der Waals surface area contributed by atoms with E-state index in [-0.39, 0.29) is 11.2 Å². The molecule has 1 amide bonds. The number of hydrogen-bond acceptors (Lipinski definition) is 5. The van der Waals surface area contributed by atoms with E-state index in [4.69, 9.17) is 4.42 Å².